The number of aromatic amines is 1. The number of nitrogens with one attached hydrogen (secondary N) is 3. The Bertz CT molecular complexity index is 940. The number of nitrogens with zero attached hydrogens (tertiary/aromatic N) is 4. The summed E-state index contributed by atoms with van der Waals surface area (Å²) in [5.74, 6) is 0.404. The Morgan fingerprint density at radius 2 is 2.24 bits per heavy atom. The average molecular weight is 339 g/mol. The maximum absolute atomic E-state index is 12.8. The van der Waals surface area contributed by atoms with Crippen LogP contribution in [0.5, 0.6) is 0 Å². The van der Waals surface area contributed by atoms with E-state index in [-0.39, 0.29) is 17.4 Å². The van der Waals surface area contributed by atoms with Crippen molar-refractivity contribution in [1.29, 1.82) is 0 Å². The fraction of sp³-hybridized carbons (Fsp3) is 0.412. The van der Waals surface area contributed by atoms with Crippen LogP contribution in [0.15, 0.2) is 24.7 Å². The molecule has 1 fully saturated rings. The summed E-state index contributed by atoms with van der Waals surface area (Å²) in [6.45, 7) is 4.34. The van der Waals surface area contributed by atoms with Crippen molar-refractivity contribution in [2.24, 2.45) is 12.5 Å². The van der Waals surface area contributed by atoms with E-state index in [4.69, 9.17) is 0 Å². The molecule has 4 rings (SSSR count). The lowest BCUT2D eigenvalue weighted by atomic mass is 9.67. The van der Waals surface area contributed by atoms with Crippen LogP contribution in [0.3, 0.4) is 0 Å². The molecule has 0 bridgehead atoms. The van der Waals surface area contributed by atoms with Crippen molar-refractivity contribution in [3.8, 4) is 0 Å². The molecule has 1 unspecified atom stereocenters. The predicted octanol–water partition coefficient (Wildman–Crippen LogP) is 2.35. The maximum atomic E-state index is 12.8. The van der Waals surface area contributed by atoms with Gasteiger partial charge >= 0.3 is 0 Å². The van der Waals surface area contributed by atoms with Crippen LogP contribution in [0.25, 0.3) is 10.9 Å². The van der Waals surface area contributed by atoms with Gasteiger partial charge in [-0.1, -0.05) is 13.8 Å². The molecule has 0 aliphatic heterocycles. The molecule has 130 valence electrons. The summed E-state index contributed by atoms with van der Waals surface area (Å²) in [4.78, 5) is 17.3. The molecular formula is C17H21N7O. The van der Waals surface area contributed by atoms with Crippen LogP contribution in [-0.4, -0.2) is 36.9 Å². The van der Waals surface area contributed by atoms with Crippen molar-refractivity contribution in [1.82, 2.24) is 30.3 Å². The number of amides is 1. The Morgan fingerprint density at radius 3 is 2.88 bits per heavy atom. The van der Waals surface area contributed by atoms with Gasteiger partial charge in [0, 0.05) is 24.7 Å². The van der Waals surface area contributed by atoms with Gasteiger partial charge in [-0.2, -0.15) is 10.2 Å². The van der Waals surface area contributed by atoms with Crippen molar-refractivity contribution >= 4 is 28.3 Å². The number of hydrogen-bond donors (Lipinski definition) is 3. The Morgan fingerprint density at radius 1 is 1.40 bits per heavy atom. The van der Waals surface area contributed by atoms with Crippen molar-refractivity contribution in [3.05, 3.63) is 30.4 Å². The maximum Gasteiger partial charge on any atom is 0.272 e. The summed E-state index contributed by atoms with van der Waals surface area (Å²) >= 11 is 0. The Kier molecular flexibility index (Phi) is 3.48. The highest BCUT2D eigenvalue weighted by Crippen LogP contribution is 2.40. The zero-order valence-corrected chi connectivity index (χ0v) is 14.5. The summed E-state index contributed by atoms with van der Waals surface area (Å²) in [6, 6.07) is 2.03. The van der Waals surface area contributed by atoms with E-state index in [1.807, 2.05) is 19.3 Å². The van der Waals surface area contributed by atoms with Crippen LogP contribution < -0.4 is 10.6 Å². The van der Waals surface area contributed by atoms with E-state index < -0.39 is 0 Å². The third-order valence-electron chi connectivity index (χ3n) is 4.95. The smallest absolute Gasteiger partial charge is 0.272 e. The topological polar surface area (TPSA) is 101 Å². The first kappa shape index (κ1) is 15.6. The highest BCUT2D eigenvalue weighted by atomic mass is 16.2. The van der Waals surface area contributed by atoms with E-state index in [1.54, 1.807) is 17.1 Å². The molecule has 1 atom stereocenters. The first-order valence-electron chi connectivity index (χ1n) is 8.33. The molecule has 3 aromatic rings. The number of fused-ring (bicyclic) bond motifs is 1. The minimum absolute atomic E-state index is 0.133. The van der Waals surface area contributed by atoms with Crippen molar-refractivity contribution in [2.45, 2.75) is 32.7 Å². The zero-order valence-electron chi connectivity index (χ0n) is 14.5. The molecule has 25 heavy (non-hydrogen) atoms. The SMILES string of the molecule is Cn1cc(Nc2cc3cn[nH]c3c(C(=O)NC3CCC3(C)C)n2)cn1. The normalized spacial score (nSPS) is 18.8. The quantitative estimate of drug-likeness (QED) is 0.677. The van der Waals surface area contributed by atoms with E-state index in [9.17, 15) is 4.79 Å². The second-order valence-electron chi connectivity index (χ2n) is 7.27. The van der Waals surface area contributed by atoms with Crippen molar-refractivity contribution in [3.63, 3.8) is 0 Å². The summed E-state index contributed by atoms with van der Waals surface area (Å²) in [5.41, 5.74) is 1.94. The molecule has 0 aromatic carbocycles. The molecule has 3 aromatic heterocycles. The van der Waals surface area contributed by atoms with E-state index in [0.29, 0.717) is 17.0 Å². The van der Waals surface area contributed by atoms with E-state index in [0.717, 1.165) is 23.9 Å². The summed E-state index contributed by atoms with van der Waals surface area (Å²) < 4.78 is 1.70. The van der Waals surface area contributed by atoms with Gasteiger partial charge in [0.25, 0.3) is 5.91 Å². The van der Waals surface area contributed by atoms with Gasteiger partial charge in [-0.3, -0.25) is 14.6 Å². The Labute approximate surface area is 145 Å². The lowest BCUT2D eigenvalue weighted by molar-refractivity contribution is 0.0729. The number of aromatic nitrogens is 5. The Hall–Kier alpha value is -2.90. The monoisotopic (exact) mass is 339 g/mol. The van der Waals surface area contributed by atoms with Crippen molar-refractivity contribution in [2.75, 3.05) is 5.32 Å². The fourth-order valence-corrected chi connectivity index (χ4v) is 3.17. The first-order chi connectivity index (χ1) is 11.9. The number of carbonyl (C=O) groups is 1. The number of pyridine rings is 1. The van der Waals surface area contributed by atoms with Crippen LogP contribution in [0.2, 0.25) is 0 Å². The minimum atomic E-state index is -0.179. The van der Waals surface area contributed by atoms with Crippen LogP contribution in [0, 0.1) is 5.41 Å². The number of rotatable bonds is 4. The number of aryl methyl sites for hydroxylation is 1. The predicted molar refractivity (Wildman–Crippen MR) is 94.6 cm³/mol. The molecule has 8 nitrogen and oxygen atoms in total. The van der Waals surface area contributed by atoms with Gasteiger partial charge < -0.3 is 10.6 Å². The minimum Gasteiger partial charge on any atom is -0.347 e. The van der Waals surface area contributed by atoms with Gasteiger partial charge in [-0.15, -0.1) is 0 Å². The van der Waals surface area contributed by atoms with Crippen molar-refractivity contribution < 1.29 is 4.79 Å². The molecule has 1 aliphatic carbocycles. The summed E-state index contributed by atoms with van der Waals surface area (Å²) in [7, 11) is 1.84. The summed E-state index contributed by atoms with van der Waals surface area (Å²) in [6.07, 6.45) is 7.36. The van der Waals surface area contributed by atoms with Gasteiger partial charge in [0.15, 0.2) is 5.69 Å². The van der Waals surface area contributed by atoms with E-state index >= 15 is 0 Å². The molecule has 1 aliphatic rings. The van der Waals surface area contributed by atoms with Gasteiger partial charge in [0.1, 0.15) is 5.82 Å². The molecule has 0 saturated heterocycles. The zero-order chi connectivity index (χ0) is 17.6. The van der Waals surface area contributed by atoms with Gasteiger partial charge in [0.2, 0.25) is 0 Å². The third kappa shape index (κ3) is 2.84. The molecule has 1 amide bonds. The second kappa shape index (κ2) is 5.58. The van der Waals surface area contributed by atoms with E-state index in [2.05, 4.69) is 44.8 Å². The lowest BCUT2D eigenvalue weighted by Gasteiger charge is -2.44. The number of hydrogen-bond acceptors (Lipinski definition) is 5. The highest BCUT2D eigenvalue weighted by Gasteiger charge is 2.39. The number of anilines is 2. The molecule has 3 N–H and O–H groups in total. The average Bonchev–Trinajstić information content (AvgIpc) is 3.19. The third-order valence-corrected chi connectivity index (χ3v) is 4.95. The standard InChI is InChI=1S/C17H21N7O/c1-17(2)5-4-12(17)21-16(25)15-14-10(7-18-23-14)6-13(22-15)20-11-8-19-24(3)9-11/h6-9,12H,4-5H2,1-3H3,(H,18,23)(H,20,22)(H,21,25). The molecule has 8 heteroatoms. The second-order valence-corrected chi connectivity index (χ2v) is 7.27. The Balaban J connectivity index is 1.65. The molecule has 0 spiro atoms. The fourth-order valence-electron chi connectivity index (χ4n) is 3.17. The molecular weight excluding hydrogens is 318 g/mol. The highest BCUT2D eigenvalue weighted by molar-refractivity contribution is 6.04. The number of carbonyl (C=O) groups excluding carboxylic acids is 1. The number of H-pyrrole nitrogens is 1. The van der Waals surface area contributed by atoms with Gasteiger partial charge in [-0.05, 0) is 24.3 Å². The molecule has 3 heterocycles. The largest absolute Gasteiger partial charge is 0.347 e. The van der Waals surface area contributed by atoms with Crippen LogP contribution >= 0.6 is 0 Å². The molecule has 1 saturated carbocycles. The van der Waals surface area contributed by atoms with E-state index in [1.165, 1.54) is 0 Å². The lowest BCUT2D eigenvalue weighted by Crippen LogP contribution is -2.52. The van der Waals surface area contributed by atoms with Gasteiger partial charge in [-0.25, -0.2) is 4.98 Å². The molecule has 0 radical (unpaired) electrons. The van der Waals surface area contributed by atoms with Crippen LogP contribution in [0.4, 0.5) is 11.5 Å². The summed E-state index contributed by atoms with van der Waals surface area (Å²) in [5, 5.41) is 18.2. The van der Waals surface area contributed by atoms with Crippen LogP contribution in [0.1, 0.15) is 37.2 Å². The first-order valence-corrected chi connectivity index (χ1v) is 8.33. The van der Waals surface area contributed by atoms with Gasteiger partial charge in [0.05, 0.1) is 23.6 Å². The van der Waals surface area contributed by atoms with Crippen LogP contribution in [-0.2, 0) is 7.05 Å².